The van der Waals surface area contributed by atoms with Gasteiger partial charge >= 0.3 is 15.6 Å². The van der Waals surface area contributed by atoms with Gasteiger partial charge in [0.05, 0.1) is 13.2 Å². The van der Waals surface area contributed by atoms with E-state index in [2.05, 4.69) is 22.9 Å². The molecule has 0 saturated heterocycles. The fourth-order valence-electron chi connectivity index (χ4n) is 2.91. The molecular weight excluding hydrogens is 422 g/mol. The fraction of sp³-hybridized carbons (Fsp3) is 1.00. The zero-order chi connectivity index (χ0) is 22.6. The van der Waals surface area contributed by atoms with E-state index in [-0.39, 0.29) is 24.0 Å². The second kappa shape index (κ2) is 13.6. The van der Waals surface area contributed by atoms with Crippen LogP contribution in [-0.4, -0.2) is 46.0 Å². The lowest BCUT2D eigenvalue weighted by Crippen LogP contribution is -2.18. The van der Waals surface area contributed by atoms with Gasteiger partial charge in [-0.2, -0.15) is 0 Å². The first-order valence-electron chi connectivity index (χ1n) is 10.1. The molecule has 0 radical (unpaired) electrons. The molecule has 4 N–H and O–H groups in total. The van der Waals surface area contributed by atoms with Crippen LogP contribution < -0.4 is 0 Å². The third-order valence-corrected chi connectivity index (χ3v) is 5.65. The molecule has 0 aliphatic carbocycles. The van der Waals surface area contributed by atoms with Gasteiger partial charge in [0.15, 0.2) is 0 Å². The van der Waals surface area contributed by atoms with Gasteiger partial charge in [-0.3, -0.25) is 9.05 Å². The molecule has 0 saturated carbocycles. The van der Waals surface area contributed by atoms with Gasteiger partial charge in [0.2, 0.25) is 0 Å². The minimum absolute atomic E-state index is 0.0271. The Morgan fingerprint density at radius 3 is 1.55 bits per heavy atom. The Balaban J connectivity index is 3.65. The molecule has 0 aromatic carbocycles. The maximum absolute atomic E-state index is 10.8. The van der Waals surface area contributed by atoms with E-state index in [1.54, 1.807) is 0 Å². The molecule has 0 amide bonds. The third kappa shape index (κ3) is 21.2. The number of ether oxygens (including phenoxy) is 1. The Morgan fingerprint density at radius 1 is 0.621 bits per heavy atom. The molecule has 0 aromatic heterocycles. The van der Waals surface area contributed by atoms with Crippen LogP contribution in [0.2, 0.25) is 0 Å². The van der Waals surface area contributed by atoms with E-state index < -0.39 is 15.6 Å². The normalized spacial score (nSPS) is 13.8. The van der Waals surface area contributed by atoms with Gasteiger partial charge in [-0.25, -0.2) is 9.13 Å². The maximum atomic E-state index is 10.8. The quantitative estimate of drug-likeness (QED) is 0.172. The summed E-state index contributed by atoms with van der Waals surface area (Å²) in [4.78, 5) is 34.8. The van der Waals surface area contributed by atoms with Crippen LogP contribution in [0.4, 0.5) is 0 Å². The van der Waals surface area contributed by atoms with E-state index in [4.69, 9.17) is 24.3 Å². The van der Waals surface area contributed by atoms with E-state index in [9.17, 15) is 9.13 Å². The van der Waals surface area contributed by atoms with Crippen molar-refractivity contribution < 1.29 is 42.5 Å². The van der Waals surface area contributed by atoms with Crippen molar-refractivity contribution in [1.82, 2.24) is 0 Å². The van der Waals surface area contributed by atoms with Gasteiger partial charge in [-0.15, -0.1) is 0 Å². The van der Waals surface area contributed by atoms with Crippen LogP contribution in [0.1, 0.15) is 79.1 Å². The molecule has 29 heavy (non-hydrogen) atoms. The molecule has 0 fully saturated rings. The van der Waals surface area contributed by atoms with Crippen LogP contribution in [-0.2, 0) is 22.9 Å². The summed E-state index contributed by atoms with van der Waals surface area (Å²) in [6, 6.07) is 0. The molecule has 0 aliphatic heterocycles. The lowest BCUT2D eigenvalue weighted by Gasteiger charge is -2.24. The average Bonchev–Trinajstić information content (AvgIpc) is 2.54. The first kappa shape index (κ1) is 29.2. The SMILES string of the molecule is CC(C)(CCCCOCCCCC(C)(C)COP(=O)(O)O)CCCOP(=O)(O)O. The number of phosphoric acid groups is 2. The van der Waals surface area contributed by atoms with E-state index in [1.807, 2.05) is 13.8 Å². The average molecular weight is 462 g/mol. The number of phosphoric ester groups is 2. The Kier molecular flexibility index (Phi) is 13.6. The molecule has 0 bridgehead atoms. The minimum atomic E-state index is -4.41. The number of rotatable bonds is 18. The van der Waals surface area contributed by atoms with Crippen LogP contribution >= 0.6 is 15.6 Å². The molecule has 0 unspecified atom stereocenters. The number of unbranched alkanes of at least 4 members (excludes halogenated alkanes) is 2. The minimum Gasteiger partial charge on any atom is -0.381 e. The van der Waals surface area contributed by atoms with Gasteiger partial charge < -0.3 is 24.3 Å². The van der Waals surface area contributed by atoms with Crippen molar-refractivity contribution in [2.24, 2.45) is 10.8 Å². The highest BCUT2D eigenvalue weighted by Crippen LogP contribution is 2.39. The highest BCUT2D eigenvalue weighted by molar-refractivity contribution is 7.46. The van der Waals surface area contributed by atoms with Crippen molar-refractivity contribution >= 4 is 15.6 Å². The second-order valence-electron chi connectivity index (χ2n) is 9.05. The van der Waals surface area contributed by atoms with Gasteiger partial charge in [0.1, 0.15) is 0 Å². The molecule has 0 aromatic rings. The van der Waals surface area contributed by atoms with Gasteiger partial charge in [0.25, 0.3) is 0 Å². The molecule has 11 heteroatoms. The smallest absolute Gasteiger partial charge is 0.381 e. The van der Waals surface area contributed by atoms with Crippen LogP contribution in [0.15, 0.2) is 0 Å². The molecule has 0 atom stereocenters. The summed E-state index contributed by atoms with van der Waals surface area (Å²) in [6.45, 7) is 9.58. The molecule has 0 aliphatic rings. The van der Waals surface area contributed by atoms with Crippen LogP contribution in [0.5, 0.6) is 0 Å². The predicted octanol–water partition coefficient (Wildman–Crippen LogP) is 4.39. The number of hydrogen-bond donors (Lipinski definition) is 4. The lowest BCUT2D eigenvalue weighted by molar-refractivity contribution is 0.105. The monoisotopic (exact) mass is 462 g/mol. The second-order valence-corrected chi connectivity index (χ2v) is 11.5. The highest BCUT2D eigenvalue weighted by Gasteiger charge is 2.23. The molecule has 0 spiro atoms. The summed E-state index contributed by atoms with van der Waals surface area (Å²) < 4.78 is 36.1. The molecular formula is C18H40O9P2. The zero-order valence-electron chi connectivity index (χ0n) is 18.2. The van der Waals surface area contributed by atoms with Crippen molar-refractivity contribution in [3.63, 3.8) is 0 Å². The fourth-order valence-corrected chi connectivity index (χ4v) is 3.79. The first-order chi connectivity index (χ1) is 13.1. The highest BCUT2D eigenvalue weighted by atomic mass is 31.2. The summed E-state index contributed by atoms with van der Waals surface area (Å²) in [5, 5.41) is 0. The summed E-state index contributed by atoms with van der Waals surface area (Å²) >= 11 is 0. The summed E-state index contributed by atoms with van der Waals surface area (Å²) in [5.41, 5.74) is -0.192. The lowest BCUT2D eigenvalue weighted by atomic mass is 9.83. The Hall–Kier alpha value is 0.180. The van der Waals surface area contributed by atoms with E-state index in [1.165, 1.54) is 0 Å². The topological polar surface area (TPSA) is 143 Å². The zero-order valence-corrected chi connectivity index (χ0v) is 20.0. The van der Waals surface area contributed by atoms with Gasteiger partial charge in [-0.05, 0) is 49.4 Å². The number of hydrogen-bond acceptors (Lipinski definition) is 5. The molecule has 176 valence electrons. The molecule has 0 heterocycles. The first-order valence-corrected chi connectivity index (χ1v) is 13.2. The Morgan fingerprint density at radius 2 is 1.07 bits per heavy atom. The Labute approximate surface area is 175 Å². The summed E-state index contributed by atoms with van der Waals surface area (Å²) in [5.74, 6) is 0. The van der Waals surface area contributed by atoms with Gasteiger partial charge in [-0.1, -0.05) is 40.5 Å². The van der Waals surface area contributed by atoms with Crippen molar-refractivity contribution in [2.45, 2.75) is 79.1 Å². The standard InChI is InChI=1S/C18H40O9P2/c1-17(2,12-9-15-26-28(19,20)21)10-5-7-13-25-14-8-6-11-18(3,4)16-27-29(22,23)24/h5-16H2,1-4H3,(H2,19,20,21)(H2,22,23,24). The van der Waals surface area contributed by atoms with E-state index in [0.29, 0.717) is 19.6 Å². The van der Waals surface area contributed by atoms with E-state index >= 15 is 0 Å². The largest absolute Gasteiger partial charge is 0.469 e. The molecule has 9 nitrogen and oxygen atoms in total. The van der Waals surface area contributed by atoms with Crippen LogP contribution in [0.3, 0.4) is 0 Å². The van der Waals surface area contributed by atoms with Crippen LogP contribution in [0.25, 0.3) is 0 Å². The van der Waals surface area contributed by atoms with Gasteiger partial charge in [0, 0.05) is 13.2 Å². The predicted molar refractivity (Wildman–Crippen MR) is 111 cm³/mol. The maximum Gasteiger partial charge on any atom is 0.469 e. The Bertz CT molecular complexity index is 525. The van der Waals surface area contributed by atoms with Crippen molar-refractivity contribution in [3.05, 3.63) is 0 Å². The van der Waals surface area contributed by atoms with Crippen LogP contribution in [0, 0.1) is 10.8 Å². The van der Waals surface area contributed by atoms with Crippen molar-refractivity contribution in [1.29, 1.82) is 0 Å². The third-order valence-electron chi connectivity index (χ3n) is 4.67. The summed E-state index contributed by atoms with van der Waals surface area (Å²) in [7, 11) is -8.78. The van der Waals surface area contributed by atoms with Crippen molar-refractivity contribution in [2.75, 3.05) is 26.4 Å². The molecule has 0 rings (SSSR count). The summed E-state index contributed by atoms with van der Waals surface area (Å²) in [6.07, 6.45) is 7.06. The van der Waals surface area contributed by atoms with E-state index in [0.717, 1.165) is 44.9 Å². The van der Waals surface area contributed by atoms with Crippen molar-refractivity contribution in [3.8, 4) is 0 Å².